The number of aliphatic hydroxyl groups excluding tert-OH is 1. The number of carbonyl (C=O) groups excluding carboxylic acids is 1. The van der Waals surface area contributed by atoms with Gasteiger partial charge in [0, 0.05) is 44.8 Å². The van der Waals surface area contributed by atoms with Gasteiger partial charge < -0.3 is 25.2 Å². The van der Waals surface area contributed by atoms with Crippen molar-refractivity contribution in [1.82, 2.24) is 5.32 Å². The number of aliphatic hydroxyl groups is 2. The minimum Gasteiger partial charge on any atom is -0.389 e. The molecule has 2 atom stereocenters. The second-order valence-corrected chi connectivity index (χ2v) is 6.37. The molecule has 2 saturated heterocycles. The maximum Gasteiger partial charge on any atom is 0.227 e. The van der Waals surface area contributed by atoms with Crippen LogP contribution in [0, 0.1) is 0 Å². The molecule has 23 heavy (non-hydrogen) atoms. The van der Waals surface area contributed by atoms with E-state index in [4.69, 9.17) is 4.74 Å². The molecule has 0 bridgehead atoms. The van der Waals surface area contributed by atoms with E-state index in [9.17, 15) is 15.0 Å². The van der Waals surface area contributed by atoms with Gasteiger partial charge in [0.1, 0.15) is 5.60 Å². The molecule has 6 nitrogen and oxygen atoms in total. The lowest BCUT2D eigenvalue weighted by Crippen LogP contribution is -2.48. The Morgan fingerprint density at radius 2 is 2.13 bits per heavy atom. The van der Waals surface area contributed by atoms with Crippen LogP contribution in [0.2, 0.25) is 0 Å². The molecule has 2 fully saturated rings. The molecule has 0 spiro atoms. The van der Waals surface area contributed by atoms with Crippen molar-refractivity contribution in [1.29, 1.82) is 0 Å². The Hall–Kier alpha value is -1.47. The maximum atomic E-state index is 11.7. The molecule has 2 aliphatic heterocycles. The van der Waals surface area contributed by atoms with Crippen molar-refractivity contribution < 1.29 is 19.7 Å². The van der Waals surface area contributed by atoms with Crippen LogP contribution in [0.15, 0.2) is 24.3 Å². The first-order valence-corrected chi connectivity index (χ1v) is 8.17. The number of carbonyl (C=O) groups is 1. The zero-order chi connectivity index (χ0) is 16.3. The standard InChI is InChI=1S/C17H24N2O4/c20-15(17(22)7-9-23-12-17)11-18-10-13-3-5-14(6-4-13)19-8-1-2-16(19)21/h3-6,15,18,20,22H,1-2,7-12H2. The van der Waals surface area contributed by atoms with Gasteiger partial charge in [0.25, 0.3) is 0 Å². The van der Waals surface area contributed by atoms with E-state index < -0.39 is 11.7 Å². The number of amides is 1. The Balaban J connectivity index is 1.48. The van der Waals surface area contributed by atoms with Gasteiger partial charge in [-0.2, -0.15) is 0 Å². The predicted octanol–water partition coefficient (Wildman–Crippen LogP) is 0.415. The van der Waals surface area contributed by atoms with E-state index in [1.54, 1.807) is 0 Å². The highest BCUT2D eigenvalue weighted by molar-refractivity contribution is 5.95. The fourth-order valence-electron chi connectivity index (χ4n) is 3.09. The van der Waals surface area contributed by atoms with Crippen LogP contribution in [0.25, 0.3) is 0 Å². The van der Waals surface area contributed by atoms with Crippen LogP contribution >= 0.6 is 0 Å². The molecule has 3 N–H and O–H groups in total. The summed E-state index contributed by atoms with van der Waals surface area (Å²) in [4.78, 5) is 13.5. The lowest BCUT2D eigenvalue weighted by Gasteiger charge is -2.27. The number of nitrogens with one attached hydrogen (secondary N) is 1. The summed E-state index contributed by atoms with van der Waals surface area (Å²) in [5.74, 6) is 0.186. The summed E-state index contributed by atoms with van der Waals surface area (Å²) < 4.78 is 5.15. The number of hydrogen-bond acceptors (Lipinski definition) is 5. The van der Waals surface area contributed by atoms with Gasteiger partial charge in [-0.1, -0.05) is 12.1 Å². The molecular formula is C17H24N2O4. The maximum absolute atomic E-state index is 11.7. The fourth-order valence-corrected chi connectivity index (χ4v) is 3.09. The van der Waals surface area contributed by atoms with Crippen molar-refractivity contribution in [3.63, 3.8) is 0 Å². The topological polar surface area (TPSA) is 82.0 Å². The first kappa shape index (κ1) is 16.4. The Labute approximate surface area is 136 Å². The van der Waals surface area contributed by atoms with Crippen LogP contribution in [0.5, 0.6) is 0 Å². The summed E-state index contributed by atoms with van der Waals surface area (Å²) in [7, 11) is 0. The number of ether oxygens (including phenoxy) is 1. The third kappa shape index (κ3) is 3.72. The lowest BCUT2D eigenvalue weighted by molar-refractivity contribution is -0.117. The van der Waals surface area contributed by atoms with Gasteiger partial charge in [-0.15, -0.1) is 0 Å². The minimum absolute atomic E-state index is 0.186. The highest BCUT2D eigenvalue weighted by atomic mass is 16.5. The Morgan fingerprint density at radius 3 is 2.74 bits per heavy atom. The third-order valence-corrected chi connectivity index (χ3v) is 4.64. The molecule has 0 aromatic heterocycles. The van der Waals surface area contributed by atoms with E-state index in [2.05, 4.69) is 5.32 Å². The Morgan fingerprint density at radius 1 is 1.35 bits per heavy atom. The molecule has 0 radical (unpaired) electrons. The fraction of sp³-hybridized carbons (Fsp3) is 0.588. The predicted molar refractivity (Wildman–Crippen MR) is 86.1 cm³/mol. The largest absolute Gasteiger partial charge is 0.389 e. The van der Waals surface area contributed by atoms with Crippen LogP contribution in [-0.4, -0.2) is 54.1 Å². The smallest absolute Gasteiger partial charge is 0.227 e. The summed E-state index contributed by atoms with van der Waals surface area (Å²) in [6.07, 6.45) is 1.18. The lowest BCUT2D eigenvalue weighted by atomic mass is 9.96. The van der Waals surface area contributed by atoms with Crippen molar-refractivity contribution in [2.24, 2.45) is 0 Å². The highest BCUT2D eigenvalue weighted by Gasteiger charge is 2.39. The first-order chi connectivity index (χ1) is 11.1. The van der Waals surface area contributed by atoms with E-state index in [0.29, 0.717) is 32.5 Å². The Kier molecular flexibility index (Phi) is 4.96. The van der Waals surface area contributed by atoms with E-state index in [-0.39, 0.29) is 12.5 Å². The van der Waals surface area contributed by atoms with Crippen LogP contribution in [0.3, 0.4) is 0 Å². The van der Waals surface area contributed by atoms with Gasteiger partial charge in [-0.25, -0.2) is 0 Å². The van der Waals surface area contributed by atoms with Gasteiger partial charge >= 0.3 is 0 Å². The molecule has 0 aliphatic carbocycles. The Bertz CT molecular complexity index is 540. The van der Waals surface area contributed by atoms with E-state index in [0.717, 1.165) is 24.2 Å². The quantitative estimate of drug-likeness (QED) is 0.707. The van der Waals surface area contributed by atoms with Gasteiger partial charge in [-0.3, -0.25) is 4.79 Å². The molecule has 1 amide bonds. The molecule has 6 heteroatoms. The van der Waals surface area contributed by atoms with Gasteiger partial charge in [0.2, 0.25) is 5.91 Å². The zero-order valence-electron chi connectivity index (χ0n) is 13.2. The van der Waals surface area contributed by atoms with Crippen LogP contribution in [0.4, 0.5) is 5.69 Å². The van der Waals surface area contributed by atoms with Gasteiger partial charge in [0.15, 0.2) is 0 Å². The second-order valence-electron chi connectivity index (χ2n) is 6.37. The summed E-state index contributed by atoms with van der Waals surface area (Å²) >= 11 is 0. The summed E-state index contributed by atoms with van der Waals surface area (Å²) in [5, 5.41) is 23.4. The average molecular weight is 320 g/mol. The second kappa shape index (κ2) is 6.97. The van der Waals surface area contributed by atoms with Crippen LogP contribution < -0.4 is 10.2 Å². The SMILES string of the molecule is O=C1CCCN1c1ccc(CNCC(O)C2(O)CCOC2)cc1. The van der Waals surface area contributed by atoms with E-state index in [1.807, 2.05) is 29.2 Å². The van der Waals surface area contributed by atoms with Crippen molar-refractivity contribution in [2.45, 2.75) is 37.5 Å². The first-order valence-electron chi connectivity index (χ1n) is 8.17. The summed E-state index contributed by atoms with van der Waals surface area (Å²) in [6.45, 7) is 2.39. The van der Waals surface area contributed by atoms with Crippen molar-refractivity contribution in [3.8, 4) is 0 Å². The van der Waals surface area contributed by atoms with Crippen molar-refractivity contribution in [2.75, 3.05) is 31.2 Å². The van der Waals surface area contributed by atoms with E-state index >= 15 is 0 Å². The van der Waals surface area contributed by atoms with E-state index in [1.165, 1.54) is 0 Å². The number of nitrogens with zero attached hydrogens (tertiary/aromatic N) is 1. The number of rotatable bonds is 6. The molecule has 126 valence electrons. The molecule has 2 heterocycles. The summed E-state index contributed by atoms with van der Waals surface area (Å²) in [6, 6.07) is 7.87. The van der Waals surface area contributed by atoms with Gasteiger partial charge in [-0.05, 0) is 24.1 Å². The molecule has 3 rings (SSSR count). The highest BCUT2D eigenvalue weighted by Crippen LogP contribution is 2.23. The number of anilines is 1. The molecule has 2 unspecified atom stereocenters. The van der Waals surface area contributed by atoms with Crippen LogP contribution in [-0.2, 0) is 16.1 Å². The molecule has 1 aromatic carbocycles. The number of benzene rings is 1. The van der Waals surface area contributed by atoms with Crippen LogP contribution in [0.1, 0.15) is 24.8 Å². The van der Waals surface area contributed by atoms with Gasteiger partial charge in [0.05, 0.1) is 12.7 Å². The third-order valence-electron chi connectivity index (χ3n) is 4.64. The van der Waals surface area contributed by atoms with Crippen molar-refractivity contribution >= 4 is 11.6 Å². The monoisotopic (exact) mass is 320 g/mol. The molecule has 1 aromatic rings. The number of hydrogen-bond donors (Lipinski definition) is 3. The molecule has 2 aliphatic rings. The minimum atomic E-state index is -1.13. The molecule has 0 saturated carbocycles. The normalized spacial score (nSPS) is 26.0. The summed E-state index contributed by atoms with van der Waals surface area (Å²) in [5.41, 5.74) is 0.878. The van der Waals surface area contributed by atoms with Crippen molar-refractivity contribution in [3.05, 3.63) is 29.8 Å². The molecular weight excluding hydrogens is 296 g/mol. The zero-order valence-corrected chi connectivity index (χ0v) is 13.2. The average Bonchev–Trinajstić information content (AvgIpc) is 3.17.